The quantitative estimate of drug-likeness (QED) is 0.393. The molecular formula is C25H21ClF3NO6S. The number of benzene rings is 3. The molecule has 37 heavy (non-hydrogen) atoms. The van der Waals surface area contributed by atoms with Crippen molar-refractivity contribution in [1.82, 2.24) is 0 Å². The molecular weight excluding hydrogens is 535 g/mol. The Morgan fingerprint density at radius 2 is 1.89 bits per heavy atom. The average molecular weight is 556 g/mol. The normalized spacial score (nSPS) is 15.6. The Bertz CT molecular complexity index is 1440. The summed E-state index contributed by atoms with van der Waals surface area (Å²) in [5.74, 6) is -0.598. The second-order valence-corrected chi connectivity index (χ2v) is 10.5. The van der Waals surface area contributed by atoms with Crippen molar-refractivity contribution in [2.75, 3.05) is 18.0 Å². The molecule has 1 heterocycles. The van der Waals surface area contributed by atoms with Gasteiger partial charge in [0.2, 0.25) is 0 Å². The third-order valence-electron chi connectivity index (χ3n) is 5.80. The van der Waals surface area contributed by atoms with E-state index in [9.17, 15) is 26.4 Å². The highest BCUT2D eigenvalue weighted by molar-refractivity contribution is 7.92. The Labute approximate surface area is 216 Å². The highest BCUT2D eigenvalue weighted by Gasteiger charge is 2.37. The van der Waals surface area contributed by atoms with Gasteiger partial charge in [-0.05, 0) is 48.4 Å². The molecule has 0 radical (unpaired) electrons. The van der Waals surface area contributed by atoms with Crippen LogP contribution >= 0.6 is 11.6 Å². The molecule has 4 rings (SSSR count). The molecule has 12 heteroatoms. The van der Waals surface area contributed by atoms with Crippen molar-refractivity contribution in [2.45, 2.75) is 30.0 Å². The van der Waals surface area contributed by atoms with Crippen LogP contribution in [-0.4, -0.2) is 39.3 Å². The maximum atomic E-state index is 13.7. The van der Waals surface area contributed by atoms with Gasteiger partial charge >= 0.3 is 12.1 Å². The summed E-state index contributed by atoms with van der Waals surface area (Å²) in [7, 11) is -3.07. The third-order valence-corrected chi connectivity index (χ3v) is 7.88. The van der Waals surface area contributed by atoms with Gasteiger partial charge in [0.15, 0.2) is 0 Å². The van der Waals surface area contributed by atoms with Crippen molar-refractivity contribution < 1.29 is 41.0 Å². The number of methoxy groups -OCH3 is 1. The lowest BCUT2D eigenvalue weighted by Gasteiger charge is -2.36. The lowest BCUT2D eigenvalue weighted by Crippen LogP contribution is -2.43. The molecule has 3 aromatic rings. The van der Waals surface area contributed by atoms with Crippen LogP contribution in [0.5, 0.6) is 11.5 Å². The highest BCUT2D eigenvalue weighted by atomic mass is 35.5. The Balaban J connectivity index is 1.84. The van der Waals surface area contributed by atoms with Crippen LogP contribution in [0.1, 0.15) is 18.4 Å². The summed E-state index contributed by atoms with van der Waals surface area (Å²) in [6, 6.07) is 13.2. The molecule has 3 aromatic carbocycles. The van der Waals surface area contributed by atoms with Gasteiger partial charge in [-0.2, -0.15) is 13.2 Å². The summed E-state index contributed by atoms with van der Waals surface area (Å²) in [5.41, 5.74) is 0.0579. The summed E-state index contributed by atoms with van der Waals surface area (Å²) >= 11 is 6.24. The minimum atomic E-state index is -4.74. The van der Waals surface area contributed by atoms with Gasteiger partial charge in [0.25, 0.3) is 10.0 Å². The van der Waals surface area contributed by atoms with Crippen LogP contribution in [0.2, 0.25) is 5.02 Å². The lowest BCUT2D eigenvalue weighted by atomic mass is 10.0. The number of halogens is 4. The molecule has 1 N–H and O–H groups in total. The number of rotatable bonds is 7. The Kier molecular flexibility index (Phi) is 7.29. The van der Waals surface area contributed by atoms with E-state index in [-0.39, 0.29) is 30.8 Å². The summed E-state index contributed by atoms with van der Waals surface area (Å²) in [4.78, 5) is 10.5. The zero-order chi connectivity index (χ0) is 27.0. The van der Waals surface area contributed by atoms with E-state index in [1.165, 1.54) is 19.2 Å². The minimum Gasteiger partial charge on any atom is -0.495 e. The molecule has 1 atom stereocenters. The molecule has 0 saturated carbocycles. The highest BCUT2D eigenvalue weighted by Crippen LogP contribution is 2.43. The molecule has 1 aliphatic rings. The van der Waals surface area contributed by atoms with Gasteiger partial charge in [-0.15, -0.1) is 0 Å². The number of nitrogens with zero attached hydrogens (tertiary/aromatic N) is 1. The Hall–Kier alpha value is -3.44. The summed E-state index contributed by atoms with van der Waals surface area (Å²) in [6.07, 6.45) is -5.87. The molecule has 1 unspecified atom stereocenters. The summed E-state index contributed by atoms with van der Waals surface area (Å²) in [5, 5.41) is 9.40. The molecule has 196 valence electrons. The SMILES string of the molecule is COc1c(Cl)cccc1-c1ccc2c(c1)N(S(=O)(=O)c1cccc(C(F)(F)F)c1)CC(CCC(=O)O)O2. The van der Waals surface area contributed by atoms with E-state index < -0.39 is 38.7 Å². The number of carboxylic acids is 1. The third kappa shape index (κ3) is 5.47. The molecule has 0 saturated heterocycles. The number of ether oxygens (including phenoxy) is 2. The van der Waals surface area contributed by atoms with Crippen molar-refractivity contribution in [1.29, 1.82) is 0 Å². The Morgan fingerprint density at radius 1 is 1.16 bits per heavy atom. The predicted molar refractivity (Wildman–Crippen MR) is 131 cm³/mol. The standard InChI is InChI=1S/C25H21ClF3NO6S/c1-35-24-19(6-3-7-20(24)26)15-8-10-22-21(12-15)30(14-17(36-22)9-11-23(31)32)37(33,34)18-5-2-4-16(13-18)25(27,28)29/h2-8,10,12-13,17H,9,11,14H2,1H3,(H,31,32). The first kappa shape index (κ1) is 26.6. The van der Waals surface area contributed by atoms with E-state index in [1.54, 1.807) is 24.3 Å². The second kappa shape index (κ2) is 10.1. The minimum absolute atomic E-state index is 0.00669. The number of hydrogen-bond donors (Lipinski definition) is 1. The van der Waals surface area contributed by atoms with E-state index in [0.717, 1.165) is 22.5 Å². The Morgan fingerprint density at radius 3 is 2.57 bits per heavy atom. The first-order chi connectivity index (χ1) is 17.4. The monoisotopic (exact) mass is 555 g/mol. The largest absolute Gasteiger partial charge is 0.495 e. The van der Waals surface area contributed by atoms with Crippen LogP contribution in [-0.2, 0) is 21.0 Å². The first-order valence-electron chi connectivity index (χ1n) is 11.0. The van der Waals surface area contributed by atoms with Crippen LogP contribution in [0.15, 0.2) is 65.6 Å². The van der Waals surface area contributed by atoms with Crippen molar-refractivity contribution in [3.63, 3.8) is 0 Å². The number of sulfonamides is 1. The predicted octanol–water partition coefficient (Wildman–Crippen LogP) is 5.86. The zero-order valence-corrected chi connectivity index (χ0v) is 20.9. The number of aliphatic carboxylic acids is 1. The van der Waals surface area contributed by atoms with Crippen LogP contribution in [0.3, 0.4) is 0 Å². The van der Waals surface area contributed by atoms with Crippen molar-refractivity contribution in [3.8, 4) is 22.6 Å². The molecule has 0 amide bonds. The molecule has 0 fully saturated rings. The zero-order valence-electron chi connectivity index (χ0n) is 19.3. The number of anilines is 1. The van der Waals surface area contributed by atoms with Crippen molar-refractivity contribution in [3.05, 3.63) is 71.2 Å². The summed E-state index contributed by atoms with van der Waals surface area (Å²) < 4.78 is 79.5. The van der Waals surface area contributed by atoms with E-state index in [2.05, 4.69) is 0 Å². The molecule has 0 spiro atoms. The van der Waals surface area contributed by atoms with Gasteiger partial charge in [0, 0.05) is 12.0 Å². The van der Waals surface area contributed by atoms with Gasteiger partial charge in [-0.1, -0.05) is 35.9 Å². The second-order valence-electron chi connectivity index (χ2n) is 8.24. The van der Waals surface area contributed by atoms with E-state index in [1.807, 2.05) is 0 Å². The topological polar surface area (TPSA) is 93.1 Å². The van der Waals surface area contributed by atoms with E-state index in [0.29, 0.717) is 28.0 Å². The lowest BCUT2D eigenvalue weighted by molar-refractivity contribution is -0.138. The maximum absolute atomic E-state index is 13.7. The molecule has 1 aliphatic heterocycles. The molecule has 7 nitrogen and oxygen atoms in total. The van der Waals surface area contributed by atoms with E-state index >= 15 is 0 Å². The van der Waals surface area contributed by atoms with Gasteiger partial charge in [0.1, 0.15) is 17.6 Å². The number of carboxylic acid groups (broad SMARTS) is 1. The van der Waals surface area contributed by atoms with Crippen molar-refractivity contribution in [2.24, 2.45) is 0 Å². The van der Waals surface area contributed by atoms with Gasteiger partial charge in [0.05, 0.1) is 34.8 Å². The molecule has 0 aliphatic carbocycles. The fraction of sp³-hybridized carbons (Fsp3) is 0.240. The number of alkyl halides is 3. The fourth-order valence-electron chi connectivity index (χ4n) is 4.05. The maximum Gasteiger partial charge on any atom is 0.416 e. The molecule has 0 bridgehead atoms. The summed E-state index contributed by atoms with van der Waals surface area (Å²) in [6.45, 7) is -0.297. The van der Waals surface area contributed by atoms with Crippen LogP contribution in [0, 0.1) is 0 Å². The van der Waals surface area contributed by atoms with Crippen LogP contribution in [0.25, 0.3) is 11.1 Å². The average Bonchev–Trinajstić information content (AvgIpc) is 2.86. The first-order valence-corrected chi connectivity index (χ1v) is 12.8. The van der Waals surface area contributed by atoms with Crippen molar-refractivity contribution >= 4 is 33.3 Å². The smallest absolute Gasteiger partial charge is 0.416 e. The number of carbonyl (C=O) groups is 1. The number of para-hydroxylation sites is 1. The van der Waals surface area contributed by atoms with Crippen LogP contribution in [0.4, 0.5) is 18.9 Å². The van der Waals surface area contributed by atoms with Crippen LogP contribution < -0.4 is 13.8 Å². The van der Waals surface area contributed by atoms with Gasteiger partial charge in [-0.25, -0.2) is 8.42 Å². The van der Waals surface area contributed by atoms with E-state index in [4.69, 9.17) is 26.2 Å². The number of fused-ring (bicyclic) bond motifs is 1. The van der Waals surface area contributed by atoms with Gasteiger partial charge < -0.3 is 14.6 Å². The molecule has 0 aromatic heterocycles. The van der Waals surface area contributed by atoms with Gasteiger partial charge in [-0.3, -0.25) is 9.10 Å². The number of hydrogen-bond acceptors (Lipinski definition) is 5. The fourth-order valence-corrected chi connectivity index (χ4v) is 5.84.